The van der Waals surface area contributed by atoms with Crippen LogP contribution >= 0.6 is 15.9 Å². The smallest absolute Gasteiger partial charge is 0.251 e. The van der Waals surface area contributed by atoms with Gasteiger partial charge < -0.3 is 11.1 Å². The minimum atomic E-state index is -0.0798. The molecule has 0 radical (unpaired) electrons. The average Bonchev–Trinajstić information content (AvgIpc) is 2.37. The molecule has 0 aliphatic heterocycles. The third-order valence-corrected chi connectivity index (χ3v) is 5.68. The van der Waals surface area contributed by atoms with Crippen LogP contribution in [-0.2, 0) is 0 Å². The third kappa shape index (κ3) is 2.29. The fraction of sp³-hybridized carbons (Fsp3) is 0.562. The first-order valence-electron chi connectivity index (χ1n) is 6.91. The highest BCUT2D eigenvalue weighted by molar-refractivity contribution is 9.10. The van der Waals surface area contributed by atoms with Crippen molar-refractivity contribution < 1.29 is 4.79 Å². The number of carbonyl (C=O) groups excluding carboxylic acids is 1. The van der Waals surface area contributed by atoms with Crippen LogP contribution < -0.4 is 11.1 Å². The van der Waals surface area contributed by atoms with Gasteiger partial charge in [0.05, 0.1) is 0 Å². The van der Waals surface area contributed by atoms with Gasteiger partial charge in [-0.05, 0) is 30.7 Å². The molecule has 1 amide bonds. The Balaban J connectivity index is 2.18. The summed E-state index contributed by atoms with van der Waals surface area (Å²) in [5.74, 6) is -0.0290. The van der Waals surface area contributed by atoms with E-state index < -0.39 is 0 Å². The second-order valence-electron chi connectivity index (χ2n) is 6.99. The molecule has 3 N–H and O–H groups in total. The van der Waals surface area contributed by atoms with Crippen LogP contribution in [0.4, 0.5) is 0 Å². The number of hydrogen-bond donors (Lipinski definition) is 2. The number of carbonyl (C=O) groups is 1. The summed E-state index contributed by atoms with van der Waals surface area (Å²) in [6.07, 6.45) is 0. The van der Waals surface area contributed by atoms with Crippen LogP contribution in [0.2, 0.25) is 0 Å². The lowest BCUT2D eigenvalue weighted by atomic mass is 9.48. The molecule has 0 saturated heterocycles. The van der Waals surface area contributed by atoms with Crippen LogP contribution in [0.3, 0.4) is 0 Å². The van der Waals surface area contributed by atoms with Gasteiger partial charge in [0.15, 0.2) is 0 Å². The molecule has 0 aromatic heterocycles. The first kappa shape index (κ1) is 15.5. The Morgan fingerprint density at radius 3 is 2.30 bits per heavy atom. The Morgan fingerprint density at radius 2 is 1.80 bits per heavy atom. The molecule has 0 atom stereocenters. The Bertz CT molecular complexity index is 535. The maximum Gasteiger partial charge on any atom is 0.251 e. The molecule has 3 nitrogen and oxygen atoms in total. The zero-order valence-electron chi connectivity index (χ0n) is 12.8. The third-order valence-electron chi connectivity index (χ3n) is 4.79. The number of benzene rings is 1. The number of halogens is 1. The molecule has 1 saturated carbocycles. The summed E-state index contributed by atoms with van der Waals surface area (Å²) >= 11 is 3.45. The topological polar surface area (TPSA) is 55.1 Å². The van der Waals surface area contributed by atoms with E-state index in [2.05, 4.69) is 48.9 Å². The van der Waals surface area contributed by atoms with Crippen LogP contribution in [-0.4, -0.2) is 18.0 Å². The van der Waals surface area contributed by atoms with Gasteiger partial charge in [0.2, 0.25) is 0 Å². The maximum atomic E-state index is 12.4. The van der Waals surface area contributed by atoms with Gasteiger partial charge in [-0.1, -0.05) is 43.6 Å². The first-order chi connectivity index (χ1) is 9.08. The number of hydrogen-bond acceptors (Lipinski definition) is 2. The fourth-order valence-corrected chi connectivity index (χ4v) is 3.80. The molecule has 1 aliphatic carbocycles. The average molecular weight is 339 g/mol. The SMILES string of the molecule is Cc1cc(C(=O)NC2C(C)(C)C(N)C2(C)C)ccc1Br. The van der Waals surface area contributed by atoms with Crippen LogP contribution in [0.1, 0.15) is 43.6 Å². The van der Waals surface area contributed by atoms with Crippen molar-refractivity contribution in [2.45, 2.75) is 46.7 Å². The zero-order valence-corrected chi connectivity index (χ0v) is 14.3. The standard InChI is InChI=1S/C16H23BrN2O/c1-9-8-10(6-7-11(9)17)12(20)19-14-15(2,3)13(18)16(14,4)5/h6-8,13-14H,18H2,1-5H3,(H,19,20). The van der Waals surface area contributed by atoms with Crippen molar-refractivity contribution in [3.63, 3.8) is 0 Å². The zero-order chi connectivity index (χ0) is 15.3. The minimum absolute atomic E-state index is 0.0290. The van der Waals surface area contributed by atoms with E-state index in [9.17, 15) is 4.79 Å². The predicted octanol–water partition coefficient (Wildman–Crippen LogP) is 3.25. The van der Waals surface area contributed by atoms with Crippen LogP contribution in [0, 0.1) is 17.8 Å². The molecule has 0 heterocycles. The number of rotatable bonds is 2. The van der Waals surface area contributed by atoms with Crippen molar-refractivity contribution in [1.82, 2.24) is 5.32 Å². The lowest BCUT2D eigenvalue weighted by molar-refractivity contribution is -0.0663. The van der Waals surface area contributed by atoms with Gasteiger partial charge in [0.1, 0.15) is 0 Å². The van der Waals surface area contributed by atoms with Crippen LogP contribution in [0.5, 0.6) is 0 Å². The van der Waals surface area contributed by atoms with E-state index in [1.54, 1.807) is 0 Å². The largest absolute Gasteiger partial charge is 0.348 e. The van der Waals surface area contributed by atoms with E-state index in [1.165, 1.54) is 0 Å². The molecule has 20 heavy (non-hydrogen) atoms. The van der Waals surface area contributed by atoms with Gasteiger partial charge in [-0.3, -0.25) is 4.79 Å². The molecule has 4 heteroatoms. The van der Waals surface area contributed by atoms with Gasteiger partial charge in [0, 0.05) is 32.9 Å². The summed E-state index contributed by atoms with van der Waals surface area (Å²) in [6.45, 7) is 10.4. The second-order valence-corrected chi connectivity index (χ2v) is 7.85. The molecule has 1 fully saturated rings. The lowest BCUT2D eigenvalue weighted by Crippen LogP contribution is -2.76. The molecule has 1 aliphatic rings. The Kier molecular flexibility index (Phi) is 3.76. The highest BCUT2D eigenvalue weighted by Gasteiger charge is 2.60. The number of nitrogens with one attached hydrogen (secondary N) is 1. The summed E-state index contributed by atoms with van der Waals surface area (Å²) in [7, 11) is 0. The van der Waals surface area contributed by atoms with Crippen molar-refractivity contribution in [3.8, 4) is 0 Å². The molecule has 1 aromatic carbocycles. The lowest BCUT2D eigenvalue weighted by Gasteiger charge is -2.62. The molecule has 1 aromatic rings. The Hall–Kier alpha value is -0.870. The highest BCUT2D eigenvalue weighted by Crippen LogP contribution is 2.52. The van der Waals surface area contributed by atoms with E-state index in [-0.39, 0.29) is 28.8 Å². The maximum absolute atomic E-state index is 12.4. The van der Waals surface area contributed by atoms with Crippen molar-refractivity contribution in [3.05, 3.63) is 33.8 Å². The van der Waals surface area contributed by atoms with Crippen molar-refractivity contribution in [1.29, 1.82) is 0 Å². The summed E-state index contributed by atoms with van der Waals surface area (Å²) < 4.78 is 1.01. The van der Waals surface area contributed by atoms with Crippen molar-refractivity contribution >= 4 is 21.8 Å². The fourth-order valence-electron chi connectivity index (χ4n) is 3.55. The van der Waals surface area contributed by atoms with Gasteiger partial charge in [-0.25, -0.2) is 0 Å². The number of amides is 1. The molecule has 0 unspecified atom stereocenters. The van der Waals surface area contributed by atoms with Crippen LogP contribution in [0.25, 0.3) is 0 Å². The van der Waals surface area contributed by atoms with Crippen molar-refractivity contribution in [2.24, 2.45) is 16.6 Å². The van der Waals surface area contributed by atoms with Gasteiger partial charge in [-0.15, -0.1) is 0 Å². The molecular formula is C16H23BrN2O. The normalized spacial score (nSPS) is 26.8. The summed E-state index contributed by atoms with van der Waals surface area (Å²) in [5.41, 5.74) is 7.82. The van der Waals surface area contributed by atoms with E-state index >= 15 is 0 Å². The summed E-state index contributed by atoms with van der Waals surface area (Å²) in [5, 5.41) is 3.16. The number of nitrogens with two attached hydrogens (primary N) is 1. The number of aryl methyl sites for hydroxylation is 1. The minimum Gasteiger partial charge on any atom is -0.348 e. The van der Waals surface area contributed by atoms with E-state index in [4.69, 9.17) is 5.73 Å². The van der Waals surface area contributed by atoms with Gasteiger partial charge in [-0.2, -0.15) is 0 Å². The van der Waals surface area contributed by atoms with Crippen LogP contribution in [0.15, 0.2) is 22.7 Å². The highest BCUT2D eigenvalue weighted by atomic mass is 79.9. The first-order valence-corrected chi connectivity index (χ1v) is 7.70. The van der Waals surface area contributed by atoms with Crippen molar-refractivity contribution in [2.75, 3.05) is 0 Å². The Labute approximate surface area is 129 Å². The predicted molar refractivity (Wildman–Crippen MR) is 85.7 cm³/mol. The quantitative estimate of drug-likeness (QED) is 0.869. The summed E-state index contributed by atoms with van der Waals surface area (Å²) in [4.78, 5) is 12.4. The molecule has 0 bridgehead atoms. The summed E-state index contributed by atoms with van der Waals surface area (Å²) in [6, 6.07) is 5.82. The second kappa shape index (κ2) is 4.85. The van der Waals surface area contributed by atoms with E-state index in [1.807, 2.05) is 25.1 Å². The monoisotopic (exact) mass is 338 g/mol. The molecule has 0 spiro atoms. The van der Waals surface area contributed by atoms with E-state index in [0.717, 1.165) is 10.0 Å². The molecular weight excluding hydrogens is 316 g/mol. The Morgan fingerprint density at radius 1 is 1.25 bits per heavy atom. The van der Waals surface area contributed by atoms with E-state index in [0.29, 0.717) is 5.56 Å². The van der Waals surface area contributed by atoms with Gasteiger partial charge in [0.25, 0.3) is 5.91 Å². The molecule has 2 rings (SSSR count). The van der Waals surface area contributed by atoms with Gasteiger partial charge >= 0.3 is 0 Å². The molecule has 110 valence electrons.